The molecule has 0 aliphatic heterocycles. The van der Waals surface area contributed by atoms with E-state index in [1.807, 2.05) is 72.8 Å². The number of nitrogens with one attached hydrogen (secondary N) is 2. The molecule has 4 heteroatoms. The molecule has 0 aliphatic carbocycles. The SMILES string of the molecule is O=C(Nc1ccccc1)c1cccc(C(=S)Nc2ccccc2)c1. The van der Waals surface area contributed by atoms with Crippen molar-refractivity contribution in [2.24, 2.45) is 0 Å². The number of hydrogen-bond acceptors (Lipinski definition) is 2. The van der Waals surface area contributed by atoms with Gasteiger partial charge < -0.3 is 10.6 Å². The highest BCUT2D eigenvalue weighted by Gasteiger charge is 2.09. The molecule has 24 heavy (non-hydrogen) atoms. The third-order valence-corrected chi connectivity index (χ3v) is 3.79. The van der Waals surface area contributed by atoms with Crippen LogP contribution < -0.4 is 10.6 Å². The molecule has 0 unspecified atom stereocenters. The zero-order valence-electron chi connectivity index (χ0n) is 12.9. The highest BCUT2D eigenvalue weighted by molar-refractivity contribution is 7.81. The van der Waals surface area contributed by atoms with Crippen LogP contribution in [-0.2, 0) is 0 Å². The first-order valence-electron chi connectivity index (χ1n) is 7.55. The Bertz CT molecular complexity index is 779. The molecule has 0 atom stereocenters. The van der Waals surface area contributed by atoms with E-state index in [0.29, 0.717) is 10.6 Å². The molecule has 1 amide bonds. The molecule has 3 aromatic carbocycles. The fourth-order valence-corrected chi connectivity index (χ4v) is 2.50. The lowest BCUT2D eigenvalue weighted by atomic mass is 10.1. The van der Waals surface area contributed by atoms with Crippen molar-refractivity contribution in [1.29, 1.82) is 0 Å². The minimum atomic E-state index is -0.162. The number of hydrogen-bond donors (Lipinski definition) is 2. The molecule has 0 radical (unpaired) electrons. The van der Waals surface area contributed by atoms with Crippen molar-refractivity contribution >= 4 is 34.5 Å². The molecule has 0 aliphatic rings. The van der Waals surface area contributed by atoms with E-state index in [1.165, 1.54) is 0 Å². The van der Waals surface area contributed by atoms with E-state index in [1.54, 1.807) is 12.1 Å². The fourth-order valence-electron chi connectivity index (χ4n) is 2.25. The van der Waals surface area contributed by atoms with E-state index in [-0.39, 0.29) is 5.91 Å². The van der Waals surface area contributed by atoms with Crippen molar-refractivity contribution in [1.82, 2.24) is 0 Å². The minimum absolute atomic E-state index is 0.162. The highest BCUT2D eigenvalue weighted by Crippen LogP contribution is 2.13. The second-order valence-electron chi connectivity index (χ2n) is 5.22. The first-order valence-corrected chi connectivity index (χ1v) is 7.96. The molecule has 118 valence electrons. The van der Waals surface area contributed by atoms with Gasteiger partial charge in [-0.05, 0) is 36.4 Å². The predicted octanol–water partition coefficient (Wildman–Crippen LogP) is 4.73. The van der Waals surface area contributed by atoms with E-state index < -0.39 is 0 Å². The minimum Gasteiger partial charge on any atom is -0.346 e. The van der Waals surface area contributed by atoms with Crippen molar-refractivity contribution in [2.75, 3.05) is 10.6 Å². The van der Waals surface area contributed by atoms with Crippen LogP contribution in [0.15, 0.2) is 84.9 Å². The summed E-state index contributed by atoms with van der Waals surface area (Å²) in [6.45, 7) is 0. The summed E-state index contributed by atoms with van der Waals surface area (Å²) in [6.07, 6.45) is 0. The van der Waals surface area contributed by atoms with E-state index in [4.69, 9.17) is 12.2 Å². The molecule has 0 bridgehead atoms. The number of amides is 1. The molecule has 0 saturated heterocycles. The molecule has 3 aromatic rings. The molecule has 2 N–H and O–H groups in total. The Hall–Kier alpha value is -2.98. The molecule has 0 heterocycles. The molecule has 0 aromatic heterocycles. The first-order chi connectivity index (χ1) is 11.7. The summed E-state index contributed by atoms with van der Waals surface area (Å²) in [6, 6.07) is 26.4. The fraction of sp³-hybridized carbons (Fsp3) is 0. The number of thiocarbonyl (C=S) groups is 1. The van der Waals surface area contributed by atoms with Gasteiger partial charge in [0, 0.05) is 22.5 Å². The second-order valence-corrected chi connectivity index (χ2v) is 5.63. The first kappa shape index (κ1) is 15.9. The molecule has 0 fully saturated rings. The summed E-state index contributed by atoms with van der Waals surface area (Å²) in [5.74, 6) is -0.162. The van der Waals surface area contributed by atoms with Crippen molar-refractivity contribution in [2.45, 2.75) is 0 Å². The quantitative estimate of drug-likeness (QED) is 0.679. The Balaban J connectivity index is 1.74. The van der Waals surface area contributed by atoms with E-state index in [2.05, 4.69) is 10.6 Å². The van der Waals surface area contributed by atoms with Gasteiger partial charge in [0.25, 0.3) is 5.91 Å². The maximum absolute atomic E-state index is 12.4. The maximum Gasteiger partial charge on any atom is 0.255 e. The number of carbonyl (C=O) groups is 1. The van der Waals surface area contributed by atoms with Gasteiger partial charge in [0.15, 0.2) is 0 Å². The van der Waals surface area contributed by atoms with Gasteiger partial charge in [-0.2, -0.15) is 0 Å². The maximum atomic E-state index is 12.4. The van der Waals surface area contributed by atoms with Crippen LogP contribution in [0.5, 0.6) is 0 Å². The third kappa shape index (κ3) is 4.06. The van der Waals surface area contributed by atoms with Crippen molar-refractivity contribution in [3.8, 4) is 0 Å². The summed E-state index contributed by atoms with van der Waals surface area (Å²) >= 11 is 5.44. The summed E-state index contributed by atoms with van der Waals surface area (Å²) in [5, 5.41) is 6.05. The van der Waals surface area contributed by atoms with Crippen molar-refractivity contribution in [3.63, 3.8) is 0 Å². The molecular weight excluding hydrogens is 316 g/mol. The summed E-state index contributed by atoms with van der Waals surface area (Å²) in [7, 11) is 0. The van der Waals surface area contributed by atoms with E-state index in [9.17, 15) is 4.79 Å². The average Bonchev–Trinajstić information content (AvgIpc) is 2.63. The third-order valence-electron chi connectivity index (χ3n) is 3.45. The Morgan fingerprint density at radius 1 is 0.667 bits per heavy atom. The van der Waals surface area contributed by atoms with Crippen LogP contribution in [0.1, 0.15) is 15.9 Å². The second kappa shape index (κ2) is 7.53. The summed E-state index contributed by atoms with van der Waals surface area (Å²) in [5.41, 5.74) is 3.04. The van der Waals surface area contributed by atoms with Crippen LogP contribution in [0.2, 0.25) is 0 Å². The summed E-state index contributed by atoms with van der Waals surface area (Å²) < 4.78 is 0. The van der Waals surface area contributed by atoms with Crippen LogP contribution in [0.4, 0.5) is 11.4 Å². The lowest BCUT2D eigenvalue weighted by Gasteiger charge is -2.10. The van der Waals surface area contributed by atoms with Crippen LogP contribution in [0.25, 0.3) is 0 Å². The number of carbonyl (C=O) groups excluding carboxylic acids is 1. The monoisotopic (exact) mass is 332 g/mol. The molecule has 0 spiro atoms. The lowest BCUT2D eigenvalue weighted by molar-refractivity contribution is 0.102. The lowest BCUT2D eigenvalue weighted by Crippen LogP contribution is -2.14. The van der Waals surface area contributed by atoms with Gasteiger partial charge in [-0.3, -0.25) is 4.79 Å². The Kier molecular flexibility index (Phi) is 4.99. The zero-order chi connectivity index (χ0) is 16.8. The van der Waals surface area contributed by atoms with E-state index in [0.717, 1.165) is 16.9 Å². The Labute approximate surface area is 146 Å². The van der Waals surface area contributed by atoms with Gasteiger partial charge in [-0.15, -0.1) is 0 Å². The zero-order valence-corrected chi connectivity index (χ0v) is 13.7. The van der Waals surface area contributed by atoms with Gasteiger partial charge >= 0.3 is 0 Å². The van der Waals surface area contributed by atoms with Crippen LogP contribution in [-0.4, -0.2) is 10.9 Å². The standard InChI is InChI=1S/C20H16N2OS/c23-19(21-17-10-3-1-4-11-17)15-8-7-9-16(14-15)20(24)22-18-12-5-2-6-13-18/h1-14H,(H,21,23)(H,22,24). The number of anilines is 2. The van der Waals surface area contributed by atoms with Crippen LogP contribution in [0, 0.1) is 0 Å². The van der Waals surface area contributed by atoms with Gasteiger partial charge in [-0.25, -0.2) is 0 Å². The summed E-state index contributed by atoms with van der Waals surface area (Å²) in [4.78, 5) is 13.0. The van der Waals surface area contributed by atoms with Crippen molar-refractivity contribution in [3.05, 3.63) is 96.1 Å². The van der Waals surface area contributed by atoms with Gasteiger partial charge in [0.2, 0.25) is 0 Å². The normalized spacial score (nSPS) is 10.0. The molecule has 0 saturated carbocycles. The number of para-hydroxylation sites is 2. The van der Waals surface area contributed by atoms with E-state index >= 15 is 0 Å². The molecular formula is C20H16N2OS. The average molecular weight is 332 g/mol. The Morgan fingerprint density at radius 3 is 1.83 bits per heavy atom. The largest absolute Gasteiger partial charge is 0.346 e. The topological polar surface area (TPSA) is 41.1 Å². The predicted molar refractivity (Wildman–Crippen MR) is 103 cm³/mol. The molecule has 3 nitrogen and oxygen atoms in total. The van der Waals surface area contributed by atoms with Crippen molar-refractivity contribution < 1.29 is 4.79 Å². The molecule has 3 rings (SSSR count). The van der Waals surface area contributed by atoms with Gasteiger partial charge in [-0.1, -0.05) is 60.7 Å². The highest BCUT2D eigenvalue weighted by atomic mass is 32.1. The smallest absolute Gasteiger partial charge is 0.255 e. The Morgan fingerprint density at radius 2 is 1.21 bits per heavy atom. The van der Waals surface area contributed by atoms with Gasteiger partial charge in [0.1, 0.15) is 4.99 Å². The van der Waals surface area contributed by atoms with Crippen LogP contribution >= 0.6 is 12.2 Å². The number of rotatable bonds is 4. The number of benzene rings is 3. The van der Waals surface area contributed by atoms with Crippen LogP contribution in [0.3, 0.4) is 0 Å². The van der Waals surface area contributed by atoms with Gasteiger partial charge in [0.05, 0.1) is 0 Å².